The number of methoxy groups -OCH3 is 1. The SMILES string of the molecule is COC(C)(C)C.NC(CC=O)C(O)COc1c(F)c(F)cc(F)c1F. The normalized spacial score (nSPS) is 13.5. The summed E-state index contributed by atoms with van der Waals surface area (Å²) in [6.45, 7) is 5.35. The highest BCUT2D eigenvalue weighted by molar-refractivity contribution is 5.50. The Morgan fingerprint density at radius 2 is 1.64 bits per heavy atom. The standard InChI is InChI=1S/C11H11F4NO3.C5H12O/c12-5-3-6(13)10(15)11(9(5)14)19-4-8(18)7(16)1-2-17;1-5(2,3)6-4/h2-3,7-8,18H,1,4,16H2;1-4H3. The fourth-order valence-corrected chi connectivity index (χ4v) is 1.24. The monoisotopic (exact) mass is 369 g/mol. The maximum absolute atomic E-state index is 13.2. The van der Waals surface area contributed by atoms with Gasteiger partial charge in [0.05, 0.1) is 5.60 Å². The molecule has 1 aromatic rings. The highest BCUT2D eigenvalue weighted by atomic mass is 19.2. The van der Waals surface area contributed by atoms with Crippen LogP contribution in [0.2, 0.25) is 0 Å². The van der Waals surface area contributed by atoms with E-state index >= 15 is 0 Å². The summed E-state index contributed by atoms with van der Waals surface area (Å²) < 4.78 is 61.4. The number of aliphatic hydroxyl groups excluding tert-OH is 1. The minimum absolute atomic E-state index is 0.0338. The van der Waals surface area contributed by atoms with Crippen molar-refractivity contribution in [3.8, 4) is 5.75 Å². The predicted molar refractivity (Wildman–Crippen MR) is 83.2 cm³/mol. The third-order valence-electron chi connectivity index (χ3n) is 2.94. The van der Waals surface area contributed by atoms with Crippen LogP contribution < -0.4 is 10.5 Å². The first-order valence-electron chi connectivity index (χ1n) is 7.32. The van der Waals surface area contributed by atoms with Gasteiger partial charge >= 0.3 is 0 Å². The van der Waals surface area contributed by atoms with Crippen LogP contribution in [0.15, 0.2) is 6.07 Å². The zero-order chi connectivity index (χ0) is 19.8. The Balaban J connectivity index is 0.000000823. The molecule has 0 aliphatic rings. The molecule has 0 heterocycles. The predicted octanol–water partition coefficient (Wildman–Crippen LogP) is 2.33. The summed E-state index contributed by atoms with van der Waals surface area (Å²) in [5.74, 6) is -7.96. The van der Waals surface area contributed by atoms with Crippen molar-refractivity contribution >= 4 is 6.29 Å². The van der Waals surface area contributed by atoms with Crippen molar-refractivity contribution < 1.29 is 36.9 Å². The number of benzene rings is 1. The molecule has 1 aromatic carbocycles. The van der Waals surface area contributed by atoms with Crippen molar-refractivity contribution in [2.75, 3.05) is 13.7 Å². The van der Waals surface area contributed by atoms with Gasteiger partial charge in [-0.25, -0.2) is 8.78 Å². The number of aliphatic hydroxyl groups is 1. The van der Waals surface area contributed by atoms with Crippen LogP contribution in [0.25, 0.3) is 0 Å². The number of nitrogens with two attached hydrogens (primary N) is 1. The van der Waals surface area contributed by atoms with Gasteiger partial charge in [0.25, 0.3) is 0 Å². The average Bonchev–Trinajstić information content (AvgIpc) is 2.53. The molecular weight excluding hydrogens is 346 g/mol. The number of carbonyl (C=O) groups is 1. The molecule has 1 rings (SSSR count). The van der Waals surface area contributed by atoms with Crippen LogP contribution in [0.5, 0.6) is 5.75 Å². The highest BCUT2D eigenvalue weighted by Gasteiger charge is 2.23. The fourth-order valence-electron chi connectivity index (χ4n) is 1.24. The molecular formula is C16H23F4NO4. The second-order valence-corrected chi connectivity index (χ2v) is 6.06. The number of hydrogen-bond donors (Lipinski definition) is 2. The third kappa shape index (κ3) is 8.28. The van der Waals surface area contributed by atoms with Crippen LogP contribution in [0.1, 0.15) is 27.2 Å². The lowest BCUT2D eigenvalue weighted by Crippen LogP contribution is -2.39. The molecule has 0 saturated heterocycles. The molecule has 25 heavy (non-hydrogen) atoms. The Morgan fingerprint density at radius 3 is 2.00 bits per heavy atom. The van der Waals surface area contributed by atoms with Gasteiger partial charge in [-0.3, -0.25) is 0 Å². The lowest BCUT2D eigenvalue weighted by Gasteiger charge is -2.17. The molecule has 0 aromatic heterocycles. The van der Waals surface area contributed by atoms with Gasteiger partial charge in [0.1, 0.15) is 19.0 Å². The molecule has 3 N–H and O–H groups in total. The first-order valence-corrected chi connectivity index (χ1v) is 7.32. The molecule has 0 saturated carbocycles. The van der Waals surface area contributed by atoms with Gasteiger partial charge in [-0.05, 0) is 20.8 Å². The molecule has 0 amide bonds. The Hall–Kier alpha value is -1.71. The quantitative estimate of drug-likeness (QED) is 0.457. The van der Waals surface area contributed by atoms with Crippen molar-refractivity contribution in [3.63, 3.8) is 0 Å². The average molecular weight is 369 g/mol. The lowest BCUT2D eigenvalue weighted by molar-refractivity contribution is -0.108. The van der Waals surface area contributed by atoms with E-state index in [1.807, 2.05) is 20.8 Å². The summed E-state index contributed by atoms with van der Waals surface area (Å²) in [6, 6.07) is -0.978. The van der Waals surface area contributed by atoms with E-state index in [-0.39, 0.29) is 18.1 Å². The lowest BCUT2D eigenvalue weighted by atomic mass is 10.1. The Kier molecular flexibility index (Phi) is 9.61. The summed E-state index contributed by atoms with van der Waals surface area (Å²) in [6.07, 6.45) is -1.18. The molecule has 144 valence electrons. The molecule has 2 atom stereocenters. The number of ether oxygens (including phenoxy) is 2. The fraction of sp³-hybridized carbons (Fsp3) is 0.562. The molecule has 0 fully saturated rings. The van der Waals surface area contributed by atoms with Crippen LogP contribution in [0.3, 0.4) is 0 Å². The van der Waals surface area contributed by atoms with Gasteiger partial charge in [-0.15, -0.1) is 0 Å². The van der Waals surface area contributed by atoms with E-state index in [0.717, 1.165) is 0 Å². The van der Waals surface area contributed by atoms with E-state index in [2.05, 4.69) is 4.74 Å². The molecule has 0 radical (unpaired) electrons. The first-order chi connectivity index (χ1) is 11.4. The molecule has 0 aliphatic carbocycles. The van der Waals surface area contributed by atoms with Crippen LogP contribution in [-0.2, 0) is 9.53 Å². The molecule has 5 nitrogen and oxygen atoms in total. The van der Waals surface area contributed by atoms with E-state index in [0.29, 0.717) is 6.29 Å². The summed E-state index contributed by atoms with van der Waals surface area (Å²) in [5.41, 5.74) is 5.37. The van der Waals surface area contributed by atoms with Crippen molar-refractivity contribution in [2.45, 2.75) is 44.9 Å². The number of hydrogen-bond acceptors (Lipinski definition) is 5. The van der Waals surface area contributed by atoms with Gasteiger partial charge < -0.3 is 25.1 Å². The van der Waals surface area contributed by atoms with Crippen molar-refractivity contribution in [2.24, 2.45) is 5.73 Å². The number of halogens is 4. The first kappa shape index (κ1) is 23.3. The summed E-state index contributed by atoms with van der Waals surface area (Å²) in [5, 5.41) is 9.39. The molecule has 0 spiro atoms. The van der Waals surface area contributed by atoms with Gasteiger partial charge in [-0.2, -0.15) is 8.78 Å². The Bertz CT molecular complexity index is 538. The van der Waals surface area contributed by atoms with Gasteiger partial charge in [-0.1, -0.05) is 0 Å². The van der Waals surface area contributed by atoms with Gasteiger partial charge in [0.2, 0.25) is 11.6 Å². The molecule has 0 aliphatic heterocycles. The zero-order valence-electron chi connectivity index (χ0n) is 14.5. The van der Waals surface area contributed by atoms with E-state index in [4.69, 9.17) is 10.5 Å². The number of aldehydes is 1. The summed E-state index contributed by atoms with van der Waals surface area (Å²) >= 11 is 0. The second-order valence-electron chi connectivity index (χ2n) is 6.06. The zero-order valence-corrected chi connectivity index (χ0v) is 14.5. The van der Waals surface area contributed by atoms with E-state index in [9.17, 15) is 27.5 Å². The van der Waals surface area contributed by atoms with Crippen molar-refractivity contribution in [1.82, 2.24) is 0 Å². The maximum Gasteiger partial charge on any atom is 0.203 e. The van der Waals surface area contributed by atoms with E-state index < -0.39 is 47.8 Å². The van der Waals surface area contributed by atoms with Crippen molar-refractivity contribution in [3.05, 3.63) is 29.3 Å². The van der Waals surface area contributed by atoms with Crippen LogP contribution in [0.4, 0.5) is 17.6 Å². The topological polar surface area (TPSA) is 81.8 Å². The maximum atomic E-state index is 13.2. The largest absolute Gasteiger partial charge is 0.485 e. The Morgan fingerprint density at radius 1 is 1.20 bits per heavy atom. The van der Waals surface area contributed by atoms with Gasteiger partial charge in [0.15, 0.2) is 17.4 Å². The second kappa shape index (κ2) is 10.3. The van der Waals surface area contributed by atoms with Crippen molar-refractivity contribution in [1.29, 1.82) is 0 Å². The van der Waals surface area contributed by atoms with Crippen LogP contribution >= 0.6 is 0 Å². The summed E-state index contributed by atoms with van der Waals surface area (Å²) in [7, 11) is 1.71. The smallest absolute Gasteiger partial charge is 0.203 e. The van der Waals surface area contributed by atoms with Gasteiger partial charge in [0, 0.05) is 25.6 Å². The molecule has 9 heteroatoms. The minimum atomic E-state index is -1.71. The van der Waals surface area contributed by atoms with E-state index in [1.54, 1.807) is 7.11 Å². The number of rotatable bonds is 6. The third-order valence-corrected chi connectivity index (χ3v) is 2.94. The summed E-state index contributed by atoms with van der Waals surface area (Å²) in [4.78, 5) is 10.1. The number of carbonyl (C=O) groups excluding carboxylic acids is 1. The van der Waals surface area contributed by atoms with Crippen LogP contribution in [0, 0.1) is 23.3 Å². The highest BCUT2D eigenvalue weighted by Crippen LogP contribution is 2.26. The van der Waals surface area contributed by atoms with Crippen LogP contribution in [-0.4, -0.2) is 42.9 Å². The van der Waals surface area contributed by atoms with E-state index in [1.165, 1.54) is 0 Å². The molecule has 0 bridgehead atoms. The minimum Gasteiger partial charge on any atom is -0.485 e. The Labute approximate surface area is 143 Å². The molecule has 2 unspecified atom stereocenters.